The minimum atomic E-state index is -0.480. The number of carbonyl (C=O) groups excluding carboxylic acids is 2. The molecular formula is C20H16FN3O2. The van der Waals surface area contributed by atoms with E-state index in [-0.39, 0.29) is 18.3 Å². The number of carbonyl (C=O) groups is 2. The van der Waals surface area contributed by atoms with Gasteiger partial charge in [0.05, 0.1) is 12.8 Å². The Morgan fingerprint density at radius 1 is 1.00 bits per heavy atom. The molecule has 3 aromatic carbocycles. The predicted octanol–water partition coefficient (Wildman–Crippen LogP) is 2.86. The van der Waals surface area contributed by atoms with Crippen LogP contribution in [-0.4, -0.2) is 24.6 Å². The molecule has 5 nitrogen and oxygen atoms in total. The number of fused-ring (bicyclic) bond motifs is 1. The topological polar surface area (TPSA) is 70.6 Å². The van der Waals surface area contributed by atoms with E-state index >= 15 is 0 Å². The lowest BCUT2D eigenvalue weighted by Crippen LogP contribution is -2.35. The molecule has 3 rings (SSSR count). The average Bonchev–Trinajstić information content (AvgIpc) is 2.66. The van der Waals surface area contributed by atoms with E-state index in [1.165, 1.54) is 18.3 Å². The molecule has 0 heterocycles. The van der Waals surface area contributed by atoms with Gasteiger partial charge in [0.2, 0.25) is 0 Å². The molecule has 2 amide bonds. The fourth-order valence-corrected chi connectivity index (χ4v) is 2.48. The van der Waals surface area contributed by atoms with Gasteiger partial charge in [-0.15, -0.1) is 0 Å². The molecule has 0 aliphatic rings. The van der Waals surface area contributed by atoms with Crippen LogP contribution in [0.5, 0.6) is 0 Å². The third-order valence-electron chi connectivity index (χ3n) is 3.70. The summed E-state index contributed by atoms with van der Waals surface area (Å²) in [6.07, 6.45) is 1.33. The molecule has 6 heteroatoms. The van der Waals surface area contributed by atoms with Gasteiger partial charge >= 0.3 is 0 Å². The highest BCUT2D eigenvalue weighted by Crippen LogP contribution is 2.18. The van der Waals surface area contributed by atoms with Gasteiger partial charge in [0.25, 0.3) is 11.8 Å². The number of amides is 2. The first-order chi connectivity index (χ1) is 12.6. The zero-order chi connectivity index (χ0) is 18.4. The number of benzene rings is 3. The number of hydrogen-bond acceptors (Lipinski definition) is 3. The second-order valence-electron chi connectivity index (χ2n) is 5.56. The Balaban J connectivity index is 1.56. The Labute approximate surface area is 149 Å². The number of halogens is 1. The standard InChI is InChI=1S/C20H16FN3O2/c21-16-8-3-5-14(11-16)12-23-24-19(25)13-22-20(26)18-10-4-7-15-6-1-2-9-17(15)18/h1-12H,13H2,(H,22,26)(H,24,25). The maximum Gasteiger partial charge on any atom is 0.259 e. The van der Waals surface area contributed by atoms with Crippen molar-refractivity contribution in [2.24, 2.45) is 5.10 Å². The Hall–Kier alpha value is -3.54. The normalized spacial score (nSPS) is 10.8. The van der Waals surface area contributed by atoms with E-state index in [2.05, 4.69) is 15.8 Å². The van der Waals surface area contributed by atoms with Crippen molar-refractivity contribution in [1.29, 1.82) is 0 Å². The molecule has 26 heavy (non-hydrogen) atoms. The Kier molecular flexibility index (Phi) is 5.34. The molecule has 0 radical (unpaired) electrons. The summed E-state index contributed by atoms with van der Waals surface area (Å²) < 4.78 is 13.0. The number of rotatable bonds is 5. The van der Waals surface area contributed by atoms with E-state index in [1.54, 1.807) is 24.3 Å². The average molecular weight is 349 g/mol. The summed E-state index contributed by atoms with van der Waals surface area (Å²) in [5.74, 6) is -1.21. The number of nitrogens with zero attached hydrogens (tertiary/aromatic N) is 1. The lowest BCUT2D eigenvalue weighted by molar-refractivity contribution is -0.120. The van der Waals surface area contributed by atoms with Crippen LogP contribution in [0.15, 0.2) is 71.8 Å². The van der Waals surface area contributed by atoms with E-state index < -0.39 is 5.91 Å². The Morgan fingerprint density at radius 3 is 2.62 bits per heavy atom. The van der Waals surface area contributed by atoms with E-state index in [0.717, 1.165) is 10.8 Å². The minimum Gasteiger partial charge on any atom is -0.343 e. The molecule has 0 spiro atoms. The van der Waals surface area contributed by atoms with Crippen molar-refractivity contribution in [2.45, 2.75) is 0 Å². The van der Waals surface area contributed by atoms with Crippen LogP contribution in [0.1, 0.15) is 15.9 Å². The second-order valence-corrected chi connectivity index (χ2v) is 5.56. The molecule has 0 aliphatic carbocycles. The van der Waals surface area contributed by atoms with Crippen molar-refractivity contribution in [3.63, 3.8) is 0 Å². The van der Waals surface area contributed by atoms with Crippen LogP contribution in [0, 0.1) is 5.82 Å². The largest absolute Gasteiger partial charge is 0.343 e. The maximum absolute atomic E-state index is 13.0. The first-order valence-electron chi connectivity index (χ1n) is 7.97. The molecule has 0 atom stereocenters. The van der Waals surface area contributed by atoms with Crippen LogP contribution >= 0.6 is 0 Å². The van der Waals surface area contributed by atoms with E-state index in [4.69, 9.17) is 0 Å². The molecule has 0 saturated heterocycles. The van der Waals surface area contributed by atoms with Gasteiger partial charge in [0.1, 0.15) is 5.82 Å². The second kappa shape index (κ2) is 8.02. The molecular weight excluding hydrogens is 333 g/mol. The van der Waals surface area contributed by atoms with Crippen LogP contribution in [0.3, 0.4) is 0 Å². The van der Waals surface area contributed by atoms with Crippen molar-refractivity contribution in [3.8, 4) is 0 Å². The van der Waals surface area contributed by atoms with Gasteiger partial charge in [-0.3, -0.25) is 9.59 Å². The maximum atomic E-state index is 13.0. The fourth-order valence-electron chi connectivity index (χ4n) is 2.48. The first-order valence-corrected chi connectivity index (χ1v) is 7.97. The zero-order valence-corrected chi connectivity index (χ0v) is 13.8. The van der Waals surface area contributed by atoms with Gasteiger partial charge in [-0.2, -0.15) is 5.10 Å². The van der Waals surface area contributed by atoms with E-state index in [9.17, 15) is 14.0 Å². The third kappa shape index (κ3) is 4.30. The SMILES string of the molecule is O=C(CNC(=O)c1cccc2ccccc12)NN=Cc1cccc(F)c1. The Bertz CT molecular complexity index is 980. The molecule has 0 unspecified atom stereocenters. The monoisotopic (exact) mass is 349 g/mol. The van der Waals surface area contributed by atoms with Gasteiger partial charge in [0.15, 0.2) is 0 Å². The predicted molar refractivity (Wildman–Crippen MR) is 98.4 cm³/mol. The van der Waals surface area contributed by atoms with Gasteiger partial charge in [0, 0.05) is 5.56 Å². The van der Waals surface area contributed by atoms with Gasteiger partial charge in [-0.05, 0) is 34.5 Å². The molecule has 3 aromatic rings. The van der Waals surface area contributed by atoms with Gasteiger partial charge < -0.3 is 5.32 Å². The molecule has 0 saturated carbocycles. The van der Waals surface area contributed by atoms with Crippen LogP contribution < -0.4 is 10.7 Å². The smallest absolute Gasteiger partial charge is 0.259 e. The summed E-state index contributed by atoms with van der Waals surface area (Å²) in [6, 6.07) is 18.7. The van der Waals surface area contributed by atoms with Crippen LogP contribution in [-0.2, 0) is 4.79 Å². The molecule has 0 aliphatic heterocycles. The summed E-state index contributed by atoms with van der Waals surface area (Å²) in [6.45, 7) is -0.220. The highest BCUT2D eigenvalue weighted by molar-refractivity contribution is 6.07. The molecule has 2 N–H and O–H groups in total. The van der Waals surface area contributed by atoms with Crippen molar-refractivity contribution in [2.75, 3.05) is 6.54 Å². The molecule has 130 valence electrons. The highest BCUT2D eigenvalue weighted by Gasteiger charge is 2.10. The van der Waals surface area contributed by atoms with E-state index in [1.807, 2.05) is 30.3 Å². The molecule has 0 fully saturated rings. The quantitative estimate of drug-likeness (QED) is 0.549. The van der Waals surface area contributed by atoms with Crippen LogP contribution in [0.25, 0.3) is 10.8 Å². The molecule has 0 bridgehead atoms. The number of nitrogens with one attached hydrogen (secondary N) is 2. The summed E-state index contributed by atoms with van der Waals surface area (Å²) in [4.78, 5) is 24.1. The minimum absolute atomic E-state index is 0.220. The Morgan fingerprint density at radius 2 is 1.77 bits per heavy atom. The van der Waals surface area contributed by atoms with Crippen molar-refractivity contribution in [1.82, 2.24) is 10.7 Å². The van der Waals surface area contributed by atoms with Crippen molar-refractivity contribution < 1.29 is 14.0 Å². The summed E-state index contributed by atoms with van der Waals surface area (Å²) >= 11 is 0. The number of hydrazone groups is 1. The lowest BCUT2D eigenvalue weighted by Gasteiger charge is -2.07. The summed E-state index contributed by atoms with van der Waals surface area (Å²) in [5.41, 5.74) is 3.31. The highest BCUT2D eigenvalue weighted by atomic mass is 19.1. The summed E-state index contributed by atoms with van der Waals surface area (Å²) in [5, 5.41) is 8.07. The van der Waals surface area contributed by atoms with E-state index in [0.29, 0.717) is 11.1 Å². The van der Waals surface area contributed by atoms with Crippen molar-refractivity contribution >= 4 is 28.8 Å². The fraction of sp³-hybridized carbons (Fsp3) is 0.0500. The van der Waals surface area contributed by atoms with Crippen LogP contribution in [0.2, 0.25) is 0 Å². The number of hydrogen-bond donors (Lipinski definition) is 2. The van der Waals surface area contributed by atoms with Crippen LogP contribution in [0.4, 0.5) is 4.39 Å². The van der Waals surface area contributed by atoms with Gasteiger partial charge in [-0.25, -0.2) is 9.82 Å². The van der Waals surface area contributed by atoms with Gasteiger partial charge in [-0.1, -0.05) is 48.5 Å². The molecule has 0 aromatic heterocycles. The third-order valence-corrected chi connectivity index (χ3v) is 3.70. The lowest BCUT2D eigenvalue weighted by atomic mass is 10.0. The summed E-state index contributed by atoms with van der Waals surface area (Å²) in [7, 11) is 0. The van der Waals surface area contributed by atoms with Crippen molar-refractivity contribution in [3.05, 3.63) is 83.7 Å². The first kappa shape index (κ1) is 17.3. The zero-order valence-electron chi connectivity index (χ0n) is 13.8.